The Morgan fingerprint density at radius 2 is 2.04 bits per heavy atom. The molecule has 2 aromatic rings. The van der Waals surface area contributed by atoms with Crippen molar-refractivity contribution in [2.24, 2.45) is 0 Å². The molecule has 0 spiro atoms. The summed E-state index contributed by atoms with van der Waals surface area (Å²) >= 11 is 1.69. The van der Waals surface area contributed by atoms with E-state index in [0.717, 1.165) is 6.42 Å². The molecule has 0 aliphatic carbocycles. The quantitative estimate of drug-likeness (QED) is 0.744. The van der Waals surface area contributed by atoms with Crippen molar-refractivity contribution in [3.05, 3.63) is 52.2 Å². The van der Waals surface area contributed by atoms with E-state index < -0.39 is 10.0 Å². The molecule has 152 valence electrons. The number of amides is 1. The van der Waals surface area contributed by atoms with Gasteiger partial charge < -0.3 is 10.1 Å². The zero-order valence-corrected chi connectivity index (χ0v) is 17.8. The maximum Gasteiger partial charge on any atom is 0.251 e. The van der Waals surface area contributed by atoms with E-state index >= 15 is 0 Å². The number of hydrogen-bond acceptors (Lipinski definition) is 5. The second-order valence-electron chi connectivity index (χ2n) is 7.17. The molecule has 28 heavy (non-hydrogen) atoms. The van der Waals surface area contributed by atoms with Crippen molar-refractivity contribution < 1.29 is 17.9 Å². The molecule has 1 aliphatic heterocycles. The molecule has 2 heterocycles. The molecule has 1 N–H and O–H groups in total. The van der Waals surface area contributed by atoms with E-state index in [9.17, 15) is 13.2 Å². The number of nitrogens with one attached hydrogen (secondary N) is 1. The van der Waals surface area contributed by atoms with E-state index in [1.807, 2.05) is 24.4 Å². The summed E-state index contributed by atoms with van der Waals surface area (Å²) in [7, 11) is -3.15. The van der Waals surface area contributed by atoms with Gasteiger partial charge in [-0.25, -0.2) is 12.7 Å². The van der Waals surface area contributed by atoms with Crippen molar-refractivity contribution in [2.75, 3.05) is 19.3 Å². The first-order valence-electron chi connectivity index (χ1n) is 9.36. The highest BCUT2D eigenvalue weighted by Gasteiger charge is 2.26. The fraction of sp³-hybridized carbons (Fsp3) is 0.450. The highest BCUT2D eigenvalue weighted by atomic mass is 32.2. The lowest BCUT2D eigenvalue weighted by atomic mass is 10.1. The molecular formula is C20H26N2O4S2. The fourth-order valence-corrected chi connectivity index (χ4v) is 4.98. The highest BCUT2D eigenvalue weighted by molar-refractivity contribution is 7.88. The van der Waals surface area contributed by atoms with Crippen molar-refractivity contribution in [2.45, 2.75) is 38.3 Å². The van der Waals surface area contributed by atoms with Crippen LogP contribution in [0, 0.1) is 0 Å². The lowest BCUT2D eigenvalue weighted by Crippen LogP contribution is -2.41. The number of rotatable bonds is 7. The minimum absolute atomic E-state index is 0.0380. The normalized spacial score (nSPS) is 17.2. The average Bonchev–Trinajstić information content (AvgIpc) is 3.14. The third-order valence-corrected chi connectivity index (χ3v) is 6.94. The SMILES string of the molecule is CC(Cc1cccs1)NC(=O)c1cccc(OC2CCN(S(C)(=O)=O)CC2)c1. The smallest absolute Gasteiger partial charge is 0.251 e. The van der Waals surface area contributed by atoms with Crippen LogP contribution in [-0.4, -0.2) is 50.1 Å². The molecule has 1 unspecified atom stereocenters. The number of ether oxygens (including phenoxy) is 1. The Morgan fingerprint density at radius 3 is 2.68 bits per heavy atom. The van der Waals surface area contributed by atoms with Crippen molar-refractivity contribution in [1.82, 2.24) is 9.62 Å². The van der Waals surface area contributed by atoms with Crippen molar-refractivity contribution in [3.63, 3.8) is 0 Å². The maximum atomic E-state index is 12.5. The predicted molar refractivity (Wildman–Crippen MR) is 111 cm³/mol. The van der Waals surface area contributed by atoms with Gasteiger partial charge in [0.1, 0.15) is 11.9 Å². The Labute approximate surface area is 170 Å². The van der Waals surface area contributed by atoms with Crippen LogP contribution < -0.4 is 10.1 Å². The summed E-state index contributed by atoms with van der Waals surface area (Å²) in [6.07, 6.45) is 3.27. The Bertz CT molecular complexity index is 889. The van der Waals surface area contributed by atoms with Gasteiger partial charge in [-0.15, -0.1) is 11.3 Å². The molecule has 1 amide bonds. The molecule has 0 bridgehead atoms. The largest absolute Gasteiger partial charge is 0.490 e. The van der Waals surface area contributed by atoms with E-state index in [1.54, 1.807) is 29.5 Å². The first kappa shape index (κ1) is 20.8. The molecule has 1 fully saturated rings. The first-order valence-corrected chi connectivity index (χ1v) is 12.1. The van der Waals surface area contributed by atoms with Gasteiger partial charge in [0.15, 0.2) is 0 Å². The summed E-state index contributed by atoms with van der Waals surface area (Å²) in [5.41, 5.74) is 0.559. The molecule has 1 aliphatic rings. The molecule has 1 saturated heterocycles. The Kier molecular flexibility index (Phi) is 6.74. The number of thiophene rings is 1. The standard InChI is InChI=1S/C20H26N2O4S2/c1-15(13-19-7-4-12-27-19)21-20(23)16-5-3-6-18(14-16)26-17-8-10-22(11-9-17)28(2,24)25/h3-7,12,14-15,17H,8-11,13H2,1-2H3,(H,21,23). The zero-order valence-electron chi connectivity index (χ0n) is 16.1. The van der Waals surface area contributed by atoms with Gasteiger partial charge in [0.2, 0.25) is 10.0 Å². The van der Waals surface area contributed by atoms with Gasteiger partial charge in [-0.05, 0) is 49.4 Å². The van der Waals surface area contributed by atoms with Gasteiger partial charge in [0, 0.05) is 36.0 Å². The summed E-state index contributed by atoms with van der Waals surface area (Å²) in [5.74, 6) is 0.512. The monoisotopic (exact) mass is 422 g/mol. The van der Waals surface area contributed by atoms with Gasteiger partial charge >= 0.3 is 0 Å². The van der Waals surface area contributed by atoms with Crippen LogP contribution in [0.5, 0.6) is 5.75 Å². The van der Waals surface area contributed by atoms with E-state index in [4.69, 9.17) is 4.74 Å². The topological polar surface area (TPSA) is 75.7 Å². The minimum Gasteiger partial charge on any atom is -0.490 e. The van der Waals surface area contributed by atoms with Crippen molar-refractivity contribution in [1.29, 1.82) is 0 Å². The Hall–Kier alpha value is -1.90. The summed E-state index contributed by atoms with van der Waals surface area (Å²) in [4.78, 5) is 13.8. The number of nitrogens with zero attached hydrogens (tertiary/aromatic N) is 1. The van der Waals surface area contributed by atoms with Gasteiger partial charge in [-0.3, -0.25) is 4.79 Å². The van der Waals surface area contributed by atoms with Crippen LogP contribution in [0.3, 0.4) is 0 Å². The van der Waals surface area contributed by atoms with Crippen LogP contribution in [0.15, 0.2) is 41.8 Å². The van der Waals surface area contributed by atoms with E-state index in [2.05, 4.69) is 11.4 Å². The molecule has 1 aromatic heterocycles. The molecule has 1 atom stereocenters. The average molecular weight is 423 g/mol. The van der Waals surface area contributed by atoms with Gasteiger partial charge in [-0.2, -0.15) is 0 Å². The summed E-state index contributed by atoms with van der Waals surface area (Å²) in [6.45, 7) is 2.92. The molecule has 0 saturated carbocycles. The Morgan fingerprint density at radius 1 is 1.29 bits per heavy atom. The fourth-order valence-electron chi connectivity index (χ4n) is 3.27. The zero-order chi connectivity index (χ0) is 20.1. The van der Waals surface area contributed by atoms with E-state index in [-0.39, 0.29) is 18.1 Å². The second-order valence-corrected chi connectivity index (χ2v) is 10.2. The number of hydrogen-bond donors (Lipinski definition) is 1. The molecule has 3 rings (SSSR count). The molecule has 8 heteroatoms. The highest BCUT2D eigenvalue weighted by Crippen LogP contribution is 2.21. The molecule has 1 aromatic carbocycles. The number of piperidine rings is 1. The minimum atomic E-state index is -3.15. The van der Waals surface area contributed by atoms with Gasteiger partial charge in [-0.1, -0.05) is 12.1 Å². The number of sulfonamides is 1. The third kappa shape index (κ3) is 5.80. The van der Waals surface area contributed by atoms with E-state index in [1.165, 1.54) is 15.4 Å². The lowest BCUT2D eigenvalue weighted by Gasteiger charge is -2.30. The lowest BCUT2D eigenvalue weighted by molar-refractivity contribution is 0.0938. The third-order valence-electron chi connectivity index (χ3n) is 4.73. The van der Waals surface area contributed by atoms with Crippen LogP contribution in [-0.2, 0) is 16.4 Å². The molecular weight excluding hydrogens is 396 g/mol. The first-order chi connectivity index (χ1) is 13.3. The van der Waals surface area contributed by atoms with Crippen LogP contribution in [0.1, 0.15) is 35.0 Å². The van der Waals surface area contributed by atoms with Crippen molar-refractivity contribution in [3.8, 4) is 5.75 Å². The van der Waals surface area contributed by atoms with Gasteiger partial charge in [0.25, 0.3) is 5.91 Å². The van der Waals surface area contributed by atoms with Crippen LogP contribution in [0.4, 0.5) is 0 Å². The number of carbonyl (C=O) groups excluding carboxylic acids is 1. The van der Waals surface area contributed by atoms with Crippen LogP contribution >= 0.6 is 11.3 Å². The predicted octanol–water partition coefficient (Wildman–Crippen LogP) is 2.91. The maximum absolute atomic E-state index is 12.5. The summed E-state index contributed by atoms with van der Waals surface area (Å²) < 4.78 is 30.7. The molecule has 0 radical (unpaired) electrons. The number of benzene rings is 1. The second kappa shape index (κ2) is 9.07. The summed E-state index contributed by atoms with van der Waals surface area (Å²) in [5, 5.41) is 5.06. The molecule has 6 nitrogen and oxygen atoms in total. The van der Waals surface area contributed by atoms with Crippen molar-refractivity contribution >= 4 is 27.3 Å². The summed E-state index contributed by atoms with van der Waals surface area (Å²) in [6, 6.07) is 11.3. The Balaban J connectivity index is 1.54. The van der Waals surface area contributed by atoms with Crippen LogP contribution in [0.25, 0.3) is 0 Å². The van der Waals surface area contributed by atoms with E-state index in [0.29, 0.717) is 37.2 Å². The number of carbonyl (C=O) groups is 1. The van der Waals surface area contributed by atoms with Crippen LogP contribution in [0.2, 0.25) is 0 Å². The van der Waals surface area contributed by atoms with Gasteiger partial charge in [0.05, 0.1) is 6.26 Å².